The predicted molar refractivity (Wildman–Crippen MR) is 47.8 cm³/mol. The van der Waals surface area contributed by atoms with Crippen molar-refractivity contribution in [2.45, 2.75) is 19.1 Å². The zero-order chi connectivity index (χ0) is 10.7. The number of hydrogen-bond acceptors (Lipinski definition) is 4. The smallest absolute Gasteiger partial charge is 0.354 e. The Hall–Kier alpha value is -1.46. The van der Waals surface area contributed by atoms with Crippen LogP contribution in [0.5, 0.6) is 0 Å². The van der Waals surface area contributed by atoms with Crippen molar-refractivity contribution in [1.29, 1.82) is 0 Å². The number of aliphatic hydroxyl groups is 2. The molecular formula is C9H11NO4. The van der Waals surface area contributed by atoms with Crippen LogP contribution in [0.15, 0.2) is 18.3 Å². The Morgan fingerprint density at radius 2 is 2.07 bits per heavy atom. The molecule has 0 spiro atoms. The molecule has 0 aliphatic carbocycles. The largest absolute Gasteiger partial charge is 0.477 e. The number of aliphatic hydroxyl groups excluding tert-OH is 2. The standard InChI is InChI=1S/C9H11NO4/c1-5(11)8(12)6-2-3-7(9(13)14)10-4-6/h2-5,8,11-12H,1H3,(H,13,14). The first-order valence-corrected chi connectivity index (χ1v) is 4.07. The highest BCUT2D eigenvalue weighted by Crippen LogP contribution is 2.15. The Bertz CT molecular complexity index is 320. The second-order valence-corrected chi connectivity index (χ2v) is 2.97. The van der Waals surface area contributed by atoms with Crippen LogP contribution in [0.4, 0.5) is 0 Å². The molecule has 1 aromatic rings. The summed E-state index contributed by atoms with van der Waals surface area (Å²) in [5.74, 6) is -1.12. The first-order valence-electron chi connectivity index (χ1n) is 4.07. The van der Waals surface area contributed by atoms with Gasteiger partial charge in [-0.15, -0.1) is 0 Å². The zero-order valence-electron chi connectivity index (χ0n) is 7.58. The van der Waals surface area contributed by atoms with Crippen molar-refractivity contribution >= 4 is 5.97 Å². The third kappa shape index (κ3) is 2.27. The molecule has 0 aliphatic rings. The Kier molecular flexibility index (Phi) is 3.16. The van der Waals surface area contributed by atoms with E-state index in [2.05, 4.69) is 4.98 Å². The number of pyridine rings is 1. The average molecular weight is 197 g/mol. The summed E-state index contributed by atoms with van der Waals surface area (Å²) >= 11 is 0. The van der Waals surface area contributed by atoms with Crippen molar-refractivity contribution in [3.8, 4) is 0 Å². The summed E-state index contributed by atoms with van der Waals surface area (Å²) in [6.45, 7) is 1.44. The van der Waals surface area contributed by atoms with Crippen LogP contribution < -0.4 is 0 Å². The molecule has 0 aromatic carbocycles. The summed E-state index contributed by atoms with van der Waals surface area (Å²) in [7, 11) is 0. The lowest BCUT2D eigenvalue weighted by Gasteiger charge is -2.12. The number of rotatable bonds is 3. The molecule has 76 valence electrons. The predicted octanol–water partition coefficient (Wildman–Crippen LogP) is 0.194. The topological polar surface area (TPSA) is 90.7 Å². The van der Waals surface area contributed by atoms with Gasteiger partial charge in [0.1, 0.15) is 11.8 Å². The van der Waals surface area contributed by atoms with Gasteiger partial charge in [-0.3, -0.25) is 0 Å². The van der Waals surface area contributed by atoms with Crippen molar-refractivity contribution < 1.29 is 20.1 Å². The maximum atomic E-state index is 10.4. The molecular weight excluding hydrogens is 186 g/mol. The Morgan fingerprint density at radius 1 is 1.43 bits per heavy atom. The minimum Gasteiger partial charge on any atom is -0.477 e. The maximum Gasteiger partial charge on any atom is 0.354 e. The monoisotopic (exact) mass is 197 g/mol. The molecule has 14 heavy (non-hydrogen) atoms. The Labute approximate surface area is 80.7 Å². The van der Waals surface area contributed by atoms with Gasteiger partial charge in [-0.1, -0.05) is 6.07 Å². The number of carboxylic acid groups (broad SMARTS) is 1. The second kappa shape index (κ2) is 4.17. The Balaban J connectivity index is 2.88. The molecule has 0 fully saturated rings. The van der Waals surface area contributed by atoms with Gasteiger partial charge in [0.15, 0.2) is 0 Å². The second-order valence-electron chi connectivity index (χ2n) is 2.97. The van der Waals surface area contributed by atoms with Crippen LogP contribution >= 0.6 is 0 Å². The molecule has 0 radical (unpaired) electrons. The van der Waals surface area contributed by atoms with Gasteiger partial charge in [-0.2, -0.15) is 0 Å². The molecule has 3 N–H and O–H groups in total. The van der Waals surface area contributed by atoms with Gasteiger partial charge in [0, 0.05) is 11.8 Å². The van der Waals surface area contributed by atoms with E-state index >= 15 is 0 Å². The van der Waals surface area contributed by atoms with E-state index in [1.54, 1.807) is 0 Å². The van der Waals surface area contributed by atoms with Gasteiger partial charge in [-0.05, 0) is 13.0 Å². The van der Waals surface area contributed by atoms with Crippen molar-refractivity contribution in [2.24, 2.45) is 0 Å². The number of hydrogen-bond donors (Lipinski definition) is 3. The molecule has 1 aromatic heterocycles. The van der Waals surface area contributed by atoms with Crippen LogP contribution in [0.3, 0.4) is 0 Å². The van der Waals surface area contributed by atoms with Crippen LogP contribution in [0, 0.1) is 0 Å². The van der Waals surface area contributed by atoms with Crippen molar-refractivity contribution in [3.63, 3.8) is 0 Å². The Morgan fingerprint density at radius 3 is 2.43 bits per heavy atom. The fourth-order valence-electron chi connectivity index (χ4n) is 0.985. The molecule has 0 saturated heterocycles. The molecule has 2 unspecified atom stereocenters. The highest BCUT2D eigenvalue weighted by atomic mass is 16.4. The summed E-state index contributed by atoms with van der Waals surface area (Å²) in [5.41, 5.74) is 0.302. The molecule has 0 aliphatic heterocycles. The van der Waals surface area contributed by atoms with E-state index < -0.39 is 18.2 Å². The van der Waals surface area contributed by atoms with E-state index in [0.717, 1.165) is 0 Å². The highest BCUT2D eigenvalue weighted by Gasteiger charge is 2.14. The summed E-state index contributed by atoms with van der Waals surface area (Å²) in [4.78, 5) is 14.1. The van der Waals surface area contributed by atoms with E-state index in [-0.39, 0.29) is 5.69 Å². The number of aromatic carboxylic acids is 1. The van der Waals surface area contributed by atoms with Gasteiger partial charge in [0.25, 0.3) is 0 Å². The molecule has 1 rings (SSSR count). The van der Waals surface area contributed by atoms with Gasteiger partial charge >= 0.3 is 5.97 Å². The maximum absolute atomic E-state index is 10.4. The third-order valence-electron chi connectivity index (χ3n) is 1.80. The van der Waals surface area contributed by atoms with Crippen molar-refractivity contribution in [3.05, 3.63) is 29.6 Å². The van der Waals surface area contributed by atoms with Crippen LogP contribution in [0.2, 0.25) is 0 Å². The minimum absolute atomic E-state index is 0.0912. The van der Waals surface area contributed by atoms with E-state index in [4.69, 9.17) is 10.2 Å². The number of aromatic nitrogens is 1. The number of carboxylic acids is 1. The van der Waals surface area contributed by atoms with Crippen molar-refractivity contribution in [2.75, 3.05) is 0 Å². The zero-order valence-corrected chi connectivity index (χ0v) is 7.58. The van der Waals surface area contributed by atoms with E-state index in [9.17, 15) is 9.90 Å². The van der Waals surface area contributed by atoms with Crippen LogP contribution in [-0.2, 0) is 0 Å². The molecule has 0 saturated carbocycles. The lowest BCUT2D eigenvalue weighted by molar-refractivity contribution is 0.0303. The van der Waals surface area contributed by atoms with Gasteiger partial charge in [0.05, 0.1) is 6.10 Å². The SMILES string of the molecule is CC(O)C(O)c1ccc(C(=O)O)nc1. The molecule has 5 heteroatoms. The molecule has 0 bridgehead atoms. The summed E-state index contributed by atoms with van der Waals surface area (Å²) in [5, 5.41) is 27.0. The average Bonchev–Trinajstić information content (AvgIpc) is 2.16. The fraction of sp³-hybridized carbons (Fsp3) is 0.333. The number of nitrogens with zero attached hydrogens (tertiary/aromatic N) is 1. The lowest BCUT2D eigenvalue weighted by atomic mass is 10.1. The highest BCUT2D eigenvalue weighted by molar-refractivity contribution is 5.85. The minimum atomic E-state index is -1.12. The molecule has 1 heterocycles. The third-order valence-corrected chi connectivity index (χ3v) is 1.80. The van der Waals surface area contributed by atoms with E-state index in [0.29, 0.717) is 5.56 Å². The fourth-order valence-corrected chi connectivity index (χ4v) is 0.985. The number of carbonyl (C=O) groups is 1. The van der Waals surface area contributed by atoms with Crippen molar-refractivity contribution in [1.82, 2.24) is 4.98 Å². The van der Waals surface area contributed by atoms with Gasteiger partial charge in [-0.25, -0.2) is 9.78 Å². The summed E-state index contributed by atoms with van der Waals surface area (Å²) in [6.07, 6.45) is -0.710. The molecule has 5 nitrogen and oxygen atoms in total. The lowest BCUT2D eigenvalue weighted by Crippen LogP contribution is -2.14. The van der Waals surface area contributed by atoms with Crippen LogP contribution in [-0.4, -0.2) is 32.4 Å². The summed E-state index contributed by atoms with van der Waals surface area (Å²) in [6, 6.07) is 2.71. The van der Waals surface area contributed by atoms with E-state index in [1.807, 2.05) is 0 Å². The van der Waals surface area contributed by atoms with E-state index in [1.165, 1.54) is 25.3 Å². The first-order chi connectivity index (χ1) is 6.52. The van der Waals surface area contributed by atoms with Gasteiger partial charge in [0.2, 0.25) is 0 Å². The van der Waals surface area contributed by atoms with Crippen LogP contribution in [0.25, 0.3) is 0 Å². The quantitative estimate of drug-likeness (QED) is 0.643. The normalized spacial score (nSPS) is 14.8. The van der Waals surface area contributed by atoms with Gasteiger partial charge < -0.3 is 15.3 Å². The molecule has 2 atom stereocenters. The summed E-state index contributed by atoms with van der Waals surface area (Å²) < 4.78 is 0. The van der Waals surface area contributed by atoms with Crippen LogP contribution in [0.1, 0.15) is 29.1 Å². The first kappa shape index (κ1) is 10.6. The molecule has 0 amide bonds.